The molecule has 2 aromatic rings. The molecule has 0 spiro atoms. The van der Waals surface area contributed by atoms with Crippen molar-refractivity contribution in [3.8, 4) is 0 Å². The van der Waals surface area contributed by atoms with E-state index in [-0.39, 0.29) is 18.0 Å². The number of carbonyl (C=O) groups excluding carboxylic acids is 1. The molecule has 5 heteroatoms. The zero-order valence-electron chi connectivity index (χ0n) is 15.0. The zero-order valence-corrected chi connectivity index (χ0v) is 15.8. The van der Waals surface area contributed by atoms with Crippen LogP contribution in [0, 0.1) is 5.92 Å². The lowest BCUT2D eigenvalue weighted by atomic mass is 10.0. The Hall–Kier alpha value is -2.14. The molecule has 0 fully saturated rings. The molecule has 136 valence electrons. The first-order valence-electron chi connectivity index (χ1n) is 8.26. The van der Waals surface area contributed by atoms with E-state index in [0.29, 0.717) is 0 Å². The Bertz CT molecular complexity index is 710. The van der Waals surface area contributed by atoms with E-state index in [9.17, 15) is 13.2 Å². The molecule has 0 aromatic heterocycles. The Morgan fingerprint density at radius 1 is 0.920 bits per heavy atom. The predicted molar refractivity (Wildman–Crippen MR) is 100 cm³/mol. The van der Waals surface area contributed by atoms with Crippen LogP contribution in [0.4, 0.5) is 0 Å². The number of benzene rings is 2. The molecule has 0 amide bonds. The molecule has 1 atom stereocenters. The standard InChI is InChI=1S/C10H12O4S.C10H14/c1-9(7-14-8-11)15(12,13)10-5-3-2-4-6-10;1-9(2)8-10-6-4-3-5-7-10/h2-6,8-9H,7H2,1H3;3-7,9H,8H2,1-2H3. The summed E-state index contributed by atoms with van der Waals surface area (Å²) in [5.74, 6) is 0.766. The fraction of sp³-hybridized carbons (Fsp3) is 0.350. The van der Waals surface area contributed by atoms with Gasteiger partial charge in [-0.15, -0.1) is 0 Å². The molecule has 0 aliphatic heterocycles. The van der Waals surface area contributed by atoms with E-state index in [2.05, 4.69) is 48.9 Å². The van der Waals surface area contributed by atoms with Crippen LogP contribution in [0.5, 0.6) is 0 Å². The SMILES string of the molecule is CC(C)Cc1ccccc1.CC(COC=O)S(=O)(=O)c1ccccc1. The summed E-state index contributed by atoms with van der Waals surface area (Å²) in [5.41, 5.74) is 1.44. The van der Waals surface area contributed by atoms with E-state index in [4.69, 9.17) is 0 Å². The van der Waals surface area contributed by atoms with Crippen LogP contribution < -0.4 is 0 Å². The second-order valence-electron chi connectivity index (χ2n) is 6.18. The third kappa shape index (κ3) is 7.52. The summed E-state index contributed by atoms with van der Waals surface area (Å²) in [5, 5.41) is -0.731. The number of hydrogen-bond donors (Lipinski definition) is 0. The topological polar surface area (TPSA) is 60.4 Å². The predicted octanol–water partition coefficient (Wildman–Crippen LogP) is 3.91. The van der Waals surface area contributed by atoms with Gasteiger partial charge < -0.3 is 4.74 Å². The number of sulfone groups is 1. The Morgan fingerprint density at radius 2 is 1.44 bits per heavy atom. The number of ether oxygens (including phenoxy) is 1. The van der Waals surface area contributed by atoms with Crippen molar-refractivity contribution in [3.05, 3.63) is 66.2 Å². The molecule has 2 rings (SSSR count). The summed E-state index contributed by atoms with van der Waals surface area (Å²) in [6, 6.07) is 18.7. The van der Waals surface area contributed by atoms with Crippen molar-refractivity contribution in [1.29, 1.82) is 0 Å². The highest BCUT2D eigenvalue weighted by molar-refractivity contribution is 7.92. The van der Waals surface area contributed by atoms with Crippen molar-refractivity contribution in [2.45, 2.75) is 37.3 Å². The minimum absolute atomic E-state index is 0.124. The molecule has 0 aliphatic rings. The van der Waals surface area contributed by atoms with Gasteiger partial charge in [-0.1, -0.05) is 62.4 Å². The molecule has 0 saturated heterocycles. The molecule has 25 heavy (non-hydrogen) atoms. The summed E-state index contributed by atoms with van der Waals surface area (Å²) in [4.78, 5) is 10.2. The largest absolute Gasteiger partial charge is 0.467 e. The van der Waals surface area contributed by atoms with E-state index >= 15 is 0 Å². The maximum absolute atomic E-state index is 11.8. The Balaban J connectivity index is 0.000000271. The van der Waals surface area contributed by atoms with Crippen molar-refractivity contribution in [2.24, 2.45) is 5.92 Å². The molecule has 0 heterocycles. The Labute approximate surface area is 150 Å². The first-order valence-corrected chi connectivity index (χ1v) is 9.80. The average Bonchev–Trinajstić information content (AvgIpc) is 2.61. The van der Waals surface area contributed by atoms with Crippen LogP contribution in [0.2, 0.25) is 0 Å². The third-order valence-corrected chi connectivity index (χ3v) is 5.61. The molecular weight excluding hydrogens is 336 g/mol. The van der Waals surface area contributed by atoms with Gasteiger partial charge in [0.05, 0.1) is 10.1 Å². The fourth-order valence-corrected chi connectivity index (χ4v) is 3.45. The molecular formula is C20H26O4S. The van der Waals surface area contributed by atoms with Crippen LogP contribution in [-0.4, -0.2) is 26.7 Å². The van der Waals surface area contributed by atoms with Crippen molar-refractivity contribution in [1.82, 2.24) is 0 Å². The number of rotatable bonds is 7. The normalized spacial score (nSPS) is 12.0. The van der Waals surface area contributed by atoms with Gasteiger partial charge >= 0.3 is 0 Å². The molecule has 0 aliphatic carbocycles. The van der Waals surface area contributed by atoms with Crippen LogP contribution in [0.3, 0.4) is 0 Å². The fourth-order valence-electron chi connectivity index (χ4n) is 2.19. The van der Waals surface area contributed by atoms with Crippen LogP contribution in [0.25, 0.3) is 0 Å². The summed E-state index contributed by atoms with van der Waals surface area (Å²) in [6.07, 6.45) is 1.20. The van der Waals surface area contributed by atoms with Crippen molar-refractivity contribution < 1.29 is 17.9 Å². The summed E-state index contributed by atoms with van der Waals surface area (Å²) >= 11 is 0. The second kappa shape index (κ2) is 10.7. The lowest BCUT2D eigenvalue weighted by molar-refractivity contribution is -0.128. The van der Waals surface area contributed by atoms with Crippen molar-refractivity contribution >= 4 is 16.3 Å². The van der Waals surface area contributed by atoms with Gasteiger partial charge in [0, 0.05) is 0 Å². The highest BCUT2D eigenvalue weighted by atomic mass is 32.2. The second-order valence-corrected chi connectivity index (χ2v) is 8.55. The number of hydrogen-bond acceptors (Lipinski definition) is 4. The van der Waals surface area contributed by atoms with Crippen LogP contribution >= 0.6 is 0 Å². The Morgan fingerprint density at radius 3 is 1.92 bits per heavy atom. The highest BCUT2D eigenvalue weighted by Crippen LogP contribution is 2.15. The van der Waals surface area contributed by atoms with Crippen LogP contribution in [0.15, 0.2) is 65.6 Å². The maximum atomic E-state index is 11.8. The minimum Gasteiger partial charge on any atom is -0.467 e. The van der Waals surface area contributed by atoms with Crippen molar-refractivity contribution in [2.75, 3.05) is 6.61 Å². The smallest absolute Gasteiger partial charge is 0.293 e. The van der Waals surface area contributed by atoms with Gasteiger partial charge in [-0.2, -0.15) is 0 Å². The summed E-state index contributed by atoms with van der Waals surface area (Å²) in [6.45, 7) is 6.11. The van der Waals surface area contributed by atoms with Gasteiger partial charge in [0.25, 0.3) is 6.47 Å². The van der Waals surface area contributed by atoms with Gasteiger partial charge in [-0.25, -0.2) is 8.42 Å². The maximum Gasteiger partial charge on any atom is 0.293 e. The molecule has 0 N–H and O–H groups in total. The molecule has 4 nitrogen and oxygen atoms in total. The van der Waals surface area contributed by atoms with E-state index < -0.39 is 15.1 Å². The van der Waals surface area contributed by atoms with Gasteiger partial charge in [-0.05, 0) is 37.0 Å². The molecule has 0 bridgehead atoms. The lowest BCUT2D eigenvalue weighted by Gasteiger charge is -2.11. The van der Waals surface area contributed by atoms with E-state index in [1.54, 1.807) is 18.2 Å². The van der Waals surface area contributed by atoms with E-state index in [1.165, 1.54) is 31.0 Å². The molecule has 2 aromatic carbocycles. The van der Waals surface area contributed by atoms with Crippen LogP contribution in [0.1, 0.15) is 26.3 Å². The van der Waals surface area contributed by atoms with Gasteiger partial charge in [0.15, 0.2) is 9.84 Å². The van der Waals surface area contributed by atoms with Crippen LogP contribution in [-0.2, 0) is 25.8 Å². The van der Waals surface area contributed by atoms with Crippen molar-refractivity contribution in [3.63, 3.8) is 0 Å². The van der Waals surface area contributed by atoms with Gasteiger partial charge in [-0.3, -0.25) is 4.79 Å². The first-order chi connectivity index (χ1) is 11.9. The Kier molecular flexibility index (Phi) is 8.92. The summed E-state index contributed by atoms with van der Waals surface area (Å²) in [7, 11) is -3.40. The van der Waals surface area contributed by atoms with Gasteiger partial charge in [0.2, 0.25) is 0 Å². The average molecular weight is 362 g/mol. The zero-order chi connectivity index (χ0) is 18.7. The third-order valence-electron chi connectivity index (χ3n) is 3.49. The molecule has 1 unspecified atom stereocenters. The first kappa shape index (κ1) is 20.9. The molecule has 0 radical (unpaired) electrons. The monoisotopic (exact) mass is 362 g/mol. The van der Waals surface area contributed by atoms with E-state index in [1.807, 2.05) is 0 Å². The number of carbonyl (C=O) groups is 1. The molecule has 0 saturated carbocycles. The lowest BCUT2D eigenvalue weighted by Crippen LogP contribution is -2.23. The van der Waals surface area contributed by atoms with E-state index in [0.717, 1.165) is 5.92 Å². The summed E-state index contributed by atoms with van der Waals surface area (Å²) < 4.78 is 28.1. The quantitative estimate of drug-likeness (QED) is 0.701. The highest BCUT2D eigenvalue weighted by Gasteiger charge is 2.23. The van der Waals surface area contributed by atoms with Gasteiger partial charge in [0.1, 0.15) is 6.61 Å². The minimum atomic E-state index is -3.40.